The maximum absolute atomic E-state index is 13.0. The number of methoxy groups -OCH3 is 1. The van der Waals surface area contributed by atoms with E-state index in [4.69, 9.17) is 9.57 Å². The average molecular weight is 688 g/mol. The molecule has 3 amide bonds. The van der Waals surface area contributed by atoms with Gasteiger partial charge < -0.3 is 15.2 Å². The molecular weight excluding hydrogens is 659 g/mol. The van der Waals surface area contributed by atoms with E-state index in [1.807, 2.05) is 6.07 Å². The second-order valence-corrected chi connectivity index (χ2v) is 12.6. The van der Waals surface area contributed by atoms with E-state index in [-0.39, 0.29) is 30.2 Å². The molecule has 0 spiro atoms. The number of nitrogens with one attached hydrogen (secondary N) is 1. The lowest BCUT2D eigenvalue weighted by Crippen LogP contribution is -2.70. The molecule has 2 atom stereocenters. The Morgan fingerprint density at radius 1 is 1.11 bits per heavy atom. The Bertz CT molecular complexity index is 1680. The Kier molecular flexibility index (Phi) is 10.5. The van der Waals surface area contributed by atoms with E-state index in [0.717, 1.165) is 27.7 Å². The van der Waals surface area contributed by atoms with E-state index in [1.165, 1.54) is 35.7 Å². The summed E-state index contributed by atoms with van der Waals surface area (Å²) in [5.41, 5.74) is 1.35. The van der Waals surface area contributed by atoms with Crippen molar-refractivity contribution in [3.8, 4) is 5.75 Å². The number of aliphatic carboxylic acids is 1. The average Bonchev–Trinajstić information content (AvgIpc) is 3.06. The highest BCUT2D eigenvalue weighted by atomic mass is 32.2. The van der Waals surface area contributed by atoms with Gasteiger partial charge in [-0.05, 0) is 65.2 Å². The number of amides is 3. The van der Waals surface area contributed by atoms with Gasteiger partial charge in [-0.25, -0.2) is 4.79 Å². The molecule has 3 aromatic carbocycles. The fraction of sp³-hybridized carbons (Fsp3) is 0.250. The first-order valence-corrected chi connectivity index (χ1v) is 16.1. The summed E-state index contributed by atoms with van der Waals surface area (Å²) in [7, 11) is 1.55. The number of halogens is 3. The molecule has 2 aliphatic heterocycles. The molecule has 3 aromatic rings. The number of rotatable bonds is 13. The first-order chi connectivity index (χ1) is 22.5. The number of hydrogen-bond acceptors (Lipinski definition) is 8. The number of hydrogen-bond donors (Lipinski definition) is 2. The normalized spacial score (nSPS) is 17.4. The molecule has 2 N–H and O–H groups in total. The van der Waals surface area contributed by atoms with Crippen LogP contribution < -0.4 is 15.1 Å². The van der Waals surface area contributed by atoms with Gasteiger partial charge in [-0.1, -0.05) is 24.3 Å². The number of ether oxygens (including phenoxy) is 1. The number of carboxylic acid groups (broad SMARTS) is 1. The zero-order valence-corrected chi connectivity index (χ0v) is 26.4. The van der Waals surface area contributed by atoms with Crippen LogP contribution in [0.5, 0.6) is 5.75 Å². The lowest BCUT2D eigenvalue weighted by Gasteiger charge is -2.49. The molecule has 0 aliphatic carbocycles. The van der Waals surface area contributed by atoms with Crippen LogP contribution in [0.2, 0.25) is 0 Å². The quantitative estimate of drug-likeness (QED) is 0.112. The highest BCUT2D eigenvalue weighted by molar-refractivity contribution is 8.01. The molecule has 2 aliphatic rings. The number of alkyl halides is 3. The molecule has 246 valence electrons. The highest BCUT2D eigenvalue weighted by Gasteiger charge is 2.54. The number of fused-ring (bicyclic) bond motifs is 1. The van der Waals surface area contributed by atoms with Gasteiger partial charge in [0.25, 0.3) is 5.91 Å². The number of benzene rings is 3. The summed E-state index contributed by atoms with van der Waals surface area (Å²) in [6, 6.07) is 17.4. The number of carbonyl (C=O) groups excluding carboxylic acids is 3. The van der Waals surface area contributed by atoms with Gasteiger partial charge in [-0.2, -0.15) is 18.2 Å². The smallest absolute Gasteiger partial charge is 0.416 e. The molecule has 15 heteroatoms. The molecule has 1 saturated heterocycles. The molecule has 1 fully saturated rings. The minimum absolute atomic E-state index is 0.0656. The molecule has 0 aromatic heterocycles. The van der Waals surface area contributed by atoms with Crippen molar-refractivity contribution in [3.05, 3.63) is 101 Å². The topological polar surface area (TPSA) is 125 Å². The molecule has 0 radical (unpaired) electrons. The van der Waals surface area contributed by atoms with E-state index in [0.29, 0.717) is 33.9 Å². The zero-order valence-electron chi connectivity index (χ0n) is 24.7. The van der Waals surface area contributed by atoms with E-state index < -0.39 is 40.9 Å². The molecule has 1 unspecified atom stereocenters. The maximum atomic E-state index is 13.0. The number of β-lactam (4-membered cyclic amide) rings is 1. The van der Waals surface area contributed by atoms with Gasteiger partial charge >= 0.3 is 12.1 Å². The van der Waals surface area contributed by atoms with Crippen molar-refractivity contribution in [2.75, 3.05) is 23.7 Å². The summed E-state index contributed by atoms with van der Waals surface area (Å²) < 4.78 is 43.8. The number of carbonyl (C=O) groups is 4. The van der Waals surface area contributed by atoms with E-state index in [1.54, 1.807) is 49.6 Å². The van der Waals surface area contributed by atoms with Gasteiger partial charge in [-0.3, -0.25) is 24.1 Å². The summed E-state index contributed by atoms with van der Waals surface area (Å²) in [6.07, 6.45) is -4.00. The SMILES string of the molecule is COc1cccc(CON(C=O)c2ccc(CC(=O)NC3C(=O)N4C(C(=O)O)=C(CSc5ccc(C(F)(F)F)cc5)CS[C@H]34)cc2)c1. The minimum atomic E-state index is -4.46. The summed E-state index contributed by atoms with van der Waals surface area (Å²) in [5, 5.41) is 13.1. The molecule has 5 rings (SSSR count). The van der Waals surface area contributed by atoms with Crippen molar-refractivity contribution in [1.82, 2.24) is 10.2 Å². The van der Waals surface area contributed by atoms with Crippen LogP contribution in [-0.4, -0.2) is 64.2 Å². The van der Waals surface area contributed by atoms with Crippen molar-refractivity contribution in [2.24, 2.45) is 0 Å². The third-order valence-corrected chi connectivity index (χ3v) is 9.75. The number of thioether (sulfide) groups is 2. The van der Waals surface area contributed by atoms with E-state index in [9.17, 15) is 37.5 Å². The molecule has 0 bridgehead atoms. The zero-order chi connectivity index (χ0) is 33.7. The number of anilines is 1. The van der Waals surface area contributed by atoms with Crippen LogP contribution in [0.1, 0.15) is 16.7 Å². The Balaban J connectivity index is 1.15. The van der Waals surface area contributed by atoms with Crippen LogP contribution in [0.3, 0.4) is 0 Å². The Labute approximate surface area is 275 Å². The largest absolute Gasteiger partial charge is 0.497 e. The Morgan fingerprint density at radius 2 is 1.83 bits per heavy atom. The van der Waals surface area contributed by atoms with Crippen molar-refractivity contribution in [3.63, 3.8) is 0 Å². The molecule has 47 heavy (non-hydrogen) atoms. The highest BCUT2D eigenvalue weighted by Crippen LogP contribution is 2.42. The predicted octanol–water partition coefficient (Wildman–Crippen LogP) is 4.88. The number of carboxylic acids is 1. The van der Waals surface area contributed by atoms with Crippen LogP contribution in [-0.2, 0) is 43.2 Å². The van der Waals surface area contributed by atoms with Gasteiger partial charge in [0.1, 0.15) is 29.5 Å². The summed E-state index contributed by atoms with van der Waals surface area (Å²) in [5.74, 6) is -1.21. The van der Waals surface area contributed by atoms with E-state index >= 15 is 0 Å². The fourth-order valence-electron chi connectivity index (χ4n) is 4.95. The number of hydroxylamine groups is 1. The molecule has 10 nitrogen and oxygen atoms in total. The van der Waals surface area contributed by atoms with Crippen LogP contribution >= 0.6 is 23.5 Å². The van der Waals surface area contributed by atoms with Crippen molar-refractivity contribution in [1.29, 1.82) is 0 Å². The predicted molar refractivity (Wildman–Crippen MR) is 168 cm³/mol. The van der Waals surface area contributed by atoms with Crippen molar-refractivity contribution < 1.29 is 47.0 Å². The molecular formula is C32H28F3N3O7S2. The van der Waals surface area contributed by atoms with Crippen molar-refractivity contribution in [2.45, 2.75) is 35.5 Å². The number of nitrogens with zero attached hydrogens (tertiary/aromatic N) is 2. The first kappa shape index (κ1) is 33.9. The third-order valence-electron chi connectivity index (χ3n) is 7.32. The van der Waals surface area contributed by atoms with Gasteiger partial charge in [0.2, 0.25) is 12.3 Å². The van der Waals surface area contributed by atoms with Gasteiger partial charge in [0.15, 0.2) is 0 Å². The van der Waals surface area contributed by atoms with Crippen LogP contribution in [0, 0.1) is 0 Å². The Morgan fingerprint density at radius 3 is 2.47 bits per heavy atom. The lowest BCUT2D eigenvalue weighted by atomic mass is 10.0. The van der Waals surface area contributed by atoms with E-state index in [2.05, 4.69) is 5.32 Å². The maximum Gasteiger partial charge on any atom is 0.416 e. The second kappa shape index (κ2) is 14.5. The van der Waals surface area contributed by atoms with Crippen LogP contribution in [0.15, 0.2) is 89.0 Å². The van der Waals surface area contributed by atoms with Crippen molar-refractivity contribution >= 4 is 53.4 Å². The summed E-state index contributed by atoms with van der Waals surface area (Å²) in [6.45, 7) is 0.115. The monoisotopic (exact) mass is 687 g/mol. The van der Waals surface area contributed by atoms with Gasteiger partial charge in [0.05, 0.1) is 24.8 Å². The molecule has 2 heterocycles. The second-order valence-electron chi connectivity index (χ2n) is 10.4. The minimum Gasteiger partial charge on any atom is -0.497 e. The van der Waals surface area contributed by atoms with Crippen LogP contribution in [0.25, 0.3) is 0 Å². The summed E-state index contributed by atoms with van der Waals surface area (Å²) in [4.78, 5) is 57.0. The lowest BCUT2D eigenvalue weighted by molar-refractivity contribution is -0.150. The van der Waals surface area contributed by atoms with Gasteiger partial charge in [0, 0.05) is 16.4 Å². The molecule has 0 saturated carbocycles. The first-order valence-electron chi connectivity index (χ1n) is 14.1. The third kappa shape index (κ3) is 7.92. The van der Waals surface area contributed by atoms with Crippen LogP contribution in [0.4, 0.5) is 18.9 Å². The van der Waals surface area contributed by atoms with Gasteiger partial charge in [-0.15, -0.1) is 23.5 Å². The Hall–Kier alpha value is -4.47. The standard InChI is InChI=1S/C32H28F3N3O7S2/c1-44-24-4-2-3-20(13-24)15-45-37(18-39)23-9-5-19(6-10-23)14-26(40)36-27-29(41)38-28(31(42)43)21(17-47-30(27)38)16-46-25-11-7-22(8-12-25)32(33,34)35/h2-13,18,27,30H,14-17H2,1H3,(H,36,40)(H,42,43)/t27?,30-/m1/s1. The summed E-state index contributed by atoms with van der Waals surface area (Å²) >= 11 is 2.47. The fourth-order valence-corrected chi connectivity index (χ4v) is 7.33.